The zero-order chi connectivity index (χ0) is 13.9. The van der Waals surface area contributed by atoms with Gasteiger partial charge in [0.25, 0.3) is 0 Å². The topological polar surface area (TPSA) is 38.7 Å². The van der Waals surface area contributed by atoms with Gasteiger partial charge in [0, 0.05) is 10.0 Å². The first kappa shape index (κ1) is 15.4. The van der Waals surface area contributed by atoms with Gasteiger partial charge in [-0.25, -0.2) is 4.21 Å². The maximum Gasteiger partial charge on any atom is 0.145 e. The molecule has 5 heteroatoms. The molecule has 0 heterocycles. The summed E-state index contributed by atoms with van der Waals surface area (Å²) in [7, 11) is 0.348. The van der Waals surface area contributed by atoms with Gasteiger partial charge in [-0.3, -0.25) is 0 Å². The molecule has 0 saturated carbocycles. The largest absolute Gasteiger partial charge is 0.496 e. The second kappa shape index (κ2) is 5.97. The van der Waals surface area contributed by atoms with Crippen molar-refractivity contribution in [1.82, 2.24) is 0 Å². The average molecular weight is 332 g/mol. The lowest BCUT2D eigenvalue weighted by Crippen LogP contribution is -2.20. The molecule has 1 rings (SSSR count). The number of methoxy groups -OCH3 is 1. The molecule has 0 N–H and O–H groups in total. The smallest absolute Gasteiger partial charge is 0.145 e. The Morgan fingerprint density at radius 3 is 2.50 bits per heavy atom. The summed E-state index contributed by atoms with van der Waals surface area (Å²) >= 11 is 3.39. The Bertz CT molecular complexity index is 492. The highest BCUT2D eigenvalue weighted by molar-refractivity contribution is 9.10. The van der Waals surface area contributed by atoms with E-state index in [1.807, 2.05) is 45.9 Å². The molecule has 0 amide bonds. The van der Waals surface area contributed by atoms with E-state index in [1.165, 1.54) is 0 Å². The highest BCUT2D eigenvalue weighted by atomic mass is 79.9. The van der Waals surface area contributed by atoms with Crippen LogP contribution in [0.4, 0.5) is 0 Å². The van der Waals surface area contributed by atoms with Crippen LogP contribution in [0.5, 0.6) is 5.75 Å². The highest BCUT2D eigenvalue weighted by Crippen LogP contribution is 2.25. The van der Waals surface area contributed by atoms with Gasteiger partial charge in [-0.2, -0.15) is 4.40 Å². The molecule has 18 heavy (non-hydrogen) atoms. The molecule has 0 unspecified atom stereocenters. The van der Waals surface area contributed by atoms with Crippen LogP contribution in [0.15, 0.2) is 27.1 Å². The lowest BCUT2D eigenvalue weighted by molar-refractivity contribution is 0.413. The fourth-order valence-corrected chi connectivity index (χ4v) is 2.24. The van der Waals surface area contributed by atoms with Crippen LogP contribution in [-0.2, 0) is 11.0 Å². The third-order valence-corrected chi connectivity index (χ3v) is 4.28. The van der Waals surface area contributed by atoms with Gasteiger partial charge in [-0.1, -0.05) is 15.9 Å². The van der Waals surface area contributed by atoms with Crippen molar-refractivity contribution >= 4 is 32.6 Å². The molecule has 0 radical (unpaired) electrons. The number of hydrogen-bond donors (Lipinski definition) is 0. The van der Waals surface area contributed by atoms with E-state index in [-0.39, 0.29) is 4.75 Å². The second-order valence-electron chi connectivity index (χ2n) is 4.88. The van der Waals surface area contributed by atoms with Gasteiger partial charge in [0.2, 0.25) is 0 Å². The molecule has 0 aliphatic heterocycles. The molecule has 100 valence electrons. The van der Waals surface area contributed by atoms with Crippen LogP contribution in [0, 0.1) is 0 Å². The molecule has 0 aliphatic rings. The van der Waals surface area contributed by atoms with Crippen LogP contribution in [-0.4, -0.2) is 21.8 Å². The minimum Gasteiger partial charge on any atom is -0.496 e. The van der Waals surface area contributed by atoms with E-state index in [4.69, 9.17) is 4.74 Å². The van der Waals surface area contributed by atoms with Gasteiger partial charge in [0.05, 0.1) is 17.6 Å². The van der Waals surface area contributed by atoms with Crippen molar-refractivity contribution in [2.75, 3.05) is 7.11 Å². The summed E-state index contributed by atoms with van der Waals surface area (Å²) in [5.74, 6) is 0.719. The van der Waals surface area contributed by atoms with E-state index in [0.717, 1.165) is 15.8 Å². The normalized spacial score (nSPS) is 14.4. The first-order valence-electron chi connectivity index (χ1n) is 5.57. The second-order valence-corrected chi connectivity index (χ2v) is 7.70. The molecule has 0 aliphatic carbocycles. The molecule has 0 spiro atoms. The molecular formula is C13H18BrNO2S. The first-order chi connectivity index (χ1) is 8.25. The van der Waals surface area contributed by atoms with Gasteiger partial charge < -0.3 is 4.74 Å². The summed E-state index contributed by atoms with van der Waals surface area (Å²) in [6, 6.07) is 5.69. The van der Waals surface area contributed by atoms with Crippen molar-refractivity contribution < 1.29 is 8.95 Å². The van der Waals surface area contributed by atoms with Crippen LogP contribution < -0.4 is 4.74 Å². The Labute approximate surface area is 119 Å². The van der Waals surface area contributed by atoms with Crippen molar-refractivity contribution in [2.45, 2.75) is 32.4 Å². The summed E-state index contributed by atoms with van der Waals surface area (Å²) < 4.78 is 22.1. The summed E-state index contributed by atoms with van der Waals surface area (Å²) in [5.41, 5.74) is 1.57. The number of ether oxygens (including phenoxy) is 1. The lowest BCUT2D eigenvalue weighted by Gasteiger charge is -2.15. The molecule has 1 aromatic carbocycles. The van der Waals surface area contributed by atoms with Crippen molar-refractivity contribution in [2.24, 2.45) is 4.40 Å². The summed E-state index contributed by atoms with van der Waals surface area (Å²) in [5, 5.41) is 0. The first-order valence-corrected chi connectivity index (χ1v) is 7.47. The average Bonchev–Trinajstić information content (AvgIpc) is 2.27. The van der Waals surface area contributed by atoms with Crippen LogP contribution in [0.25, 0.3) is 0 Å². The molecule has 0 bridgehead atoms. The zero-order valence-corrected chi connectivity index (χ0v) is 13.7. The van der Waals surface area contributed by atoms with E-state index in [2.05, 4.69) is 20.3 Å². The number of hydrogen-bond acceptors (Lipinski definition) is 2. The fourth-order valence-electron chi connectivity index (χ4n) is 1.27. The minimum atomic E-state index is -1.26. The Morgan fingerprint density at radius 2 is 2.00 bits per heavy atom. The highest BCUT2D eigenvalue weighted by Gasteiger charge is 2.19. The Balaban J connectivity index is 3.15. The lowest BCUT2D eigenvalue weighted by atomic mass is 10.1. The molecular weight excluding hydrogens is 314 g/mol. The predicted molar refractivity (Wildman–Crippen MR) is 80.8 cm³/mol. The fraction of sp³-hybridized carbons (Fsp3) is 0.462. The number of benzene rings is 1. The van der Waals surface area contributed by atoms with Crippen molar-refractivity contribution in [3.63, 3.8) is 0 Å². The van der Waals surface area contributed by atoms with E-state index in [9.17, 15) is 4.21 Å². The summed E-state index contributed by atoms with van der Waals surface area (Å²) in [4.78, 5) is 0. The quantitative estimate of drug-likeness (QED) is 0.791. The van der Waals surface area contributed by atoms with Crippen LogP contribution >= 0.6 is 15.9 Å². The van der Waals surface area contributed by atoms with Crippen LogP contribution in [0.3, 0.4) is 0 Å². The van der Waals surface area contributed by atoms with Crippen molar-refractivity contribution in [1.29, 1.82) is 0 Å². The monoisotopic (exact) mass is 331 g/mol. The van der Waals surface area contributed by atoms with Gasteiger partial charge in [0.15, 0.2) is 0 Å². The standard InChI is InChI=1S/C13H18BrNO2S/c1-9(15-18(16)13(2,3)4)11-7-6-10(14)8-12(11)17-5/h6-8H,1-5H3/b15-9+/t18-/m1/s1. The maximum absolute atomic E-state index is 12.0. The van der Waals surface area contributed by atoms with E-state index in [1.54, 1.807) is 7.11 Å². The summed E-state index contributed by atoms with van der Waals surface area (Å²) in [6.45, 7) is 7.55. The van der Waals surface area contributed by atoms with E-state index >= 15 is 0 Å². The van der Waals surface area contributed by atoms with Gasteiger partial charge >= 0.3 is 0 Å². The van der Waals surface area contributed by atoms with Crippen LogP contribution in [0.1, 0.15) is 33.3 Å². The molecule has 0 saturated heterocycles. The summed E-state index contributed by atoms with van der Waals surface area (Å²) in [6.07, 6.45) is 0. The SMILES string of the molecule is COc1cc(Br)ccc1/C(C)=N/[S@](=O)C(C)(C)C. The molecule has 3 nitrogen and oxygen atoms in total. The van der Waals surface area contributed by atoms with E-state index < -0.39 is 11.0 Å². The van der Waals surface area contributed by atoms with Crippen molar-refractivity contribution in [3.05, 3.63) is 28.2 Å². The number of halogens is 1. The van der Waals surface area contributed by atoms with Crippen LogP contribution in [0.2, 0.25) is 0 Å². The maximum atomic E-state index is 12.0. The Morgan fingerprint density at radius 1 is 1.39 bits per heavy atom. The third-order valence-electron chi connectivity index (χ3n) is 2.30. The molecule has 0 aromatic heterocycles. The number of nitrogens with zero attached hydrogens (tertiary/aromatic N) is 1. The number of rotatable bonds is 3. The van der Waals surface area contributed by atoms with Crippen molar-refractivity contribution in [3.8, 4) is 5.75 Å². The Kier molecular flexibility index (Phi) is 5.10. The van der Waals surface area contributed by atoms with E-state index in [0.29, 0.717) is 5.71 Å². The van der Waals surface area contributed by atoms with Gasteiger partial charge in [0.1, 0.15) is 16.7 Å². The Hall–Kier alpha value is -0.680. The molecule has 0 fully saturated rings. The predicted octanol–water partition coefficient (Wildman–Crippen LogP) is 3.73. The van der Waals surface area contributed by atoms with Gasteiger partial charge in [-0.15, -0.1) is 0 Å². The molecule has 1 aromatic rings. The molecule has 1 atom stereocenters. The minimum absolute atomic E-state index is 0.357. The zero-order valence-electron chi connectivity index (χ0n) is 11.3. The van der Waals surface area contributed by atoms with Gasteiger partial charge in [-0.05, 0) is 45.9 Å². The third kappa shape index (κ3) is 3.92.